The summed E-state index contributed by atoms with van der Waals surface area (Å²) in [6.45, 7) is 5.18. The van der Waals surface area contributed by atoms with Crippen molar-refractivity contribution in [2.75, 3.05) is 29.1 Å². The maximum absolute atomic E-state index is 13.4. The highest BCUT2D eigenvalue weighted by Crippen LogP contribution is 2.38. The van der Waals surface area contributed by atoms with E-state index in [1.165, 1.54) is 7.05 Å². The molecule has 3 aromatic rings. The largest absolute Gasteiger partial charge is 0.420 e. The van der Waals surface area contributed by atoms with Crippen molar-refractivity contribution in [3.8, 4) is 11.5 Å². The molecule has 0 aromatic carbocycles. The zero-order chi connectivity index (χ0) is 21.6. The van der Waals surface area contributed by atoms with Crippen molar-refractivity contribution in [3.63, 3.8) is 0 Å². The van der Waals surface area contributed by atoms with Crippen LogP contribution in [0, 0.1) is 0 Å². The molecule has 0 fully saturated rings. The standard InChI is InChI=1S/C19H21F3N8/c1-10(2)30-5-4-11-6-14(24-9-15(11)30)16-26-18(28-27-16)29(3)17-13(19(20,21)22)7-12(23)8-25-17/h6-10H,4-5,23H2,1-3H3,(H,26,27,28). The molecule has 0 saturated heterocycles. The van der Waals surface area contributed by atoms with E-state index < -0.39 is 11.7 Å². The normalized spacial score (nSPS) is 13.8. The Morgan fingerprint density at radius 2 is 1.97 bits per heavy atom. The number of anilines is 4. The van der Waals surface area contributed by atoms with Gasteiger partial charge in [-0.05, 0) is 38.0 Å². The van der Waals surface area contributed by atoms with Gasteiger partial charge in [0.15, 0.2) is 5.82 Å². The highest BCUT2D eigenvalue weighted by Gasteiger charge is 2.36. The molecule has 0 aliphatic carbocycles. The van der Waals surface area contributed by atoms with Gasteiger partial charge in [-0.15, -0.1) is 5.10 Å². The fraction of sp³-hybridized carbons (Fsp3) is 0.368. The molecular formula is C19H21F3N8. The molecule has 0 radical (unpaired) electrons. The SMILES string of the molecule is CC(C)N1CCc2cc(-c3nc(N(C)c4ncc(N)cc4C(F)(F)F)n[nH]3)ncc21. The molecular weight excluding hydrogens is 397 g/mol. The molecule has 0 spiro atoms. The van der Waals surface area contributed by atoms with Crippen LogP contribution in [0.2, 0.25) is 0 Å². The Morgan fingerprint density at radius 3 is 2.67 bits per heavy atom. The van der Waals surface area contributed by atoms with Crippen LogP contribution in [0.3, 0.4) is 0 Å². The second kappa shape index (κ2) is 7.15. The fourth-order valence-electron chi connectivity index (χ4n) is 3.54. The third-order valence-electron chi connectivity index (χ3n) is 5.05. The van der Waals surface area contributed by atoms with Gasteiger partial charge in [0.25, 0.3) is 0 Å². The molecule has 3 N–H and O–H groups in total. The Kier molecular flexibility index (Phi) is 4.75. The molecule has 158 valence electrons. The van der Waals surface area contributed by atoms with Crippen molar-refractivity contribution in [3.05, 3.63) is 35.7 Å². The number of nitrogens with one attached hydrogen (secondary N) is 1. The molecule has 0 amide bonds. The number of aromatic amines is 1. The summed E-state index contributed by atoms with van der Waals surface area (Å²) >= 11 is 0. The fourth-order valence-corrected chi connectivity index (χ4v) is 3.54. The summed E-state index contributed by atoms with van der Waals surface area (Å²) in [5.41, 5.74) is 7.27. The van der Waals surface area contributed by atoms with Crippen molar-refractivity contribution in [2.45, 2.75) is 32.5 Å². The molecule has 1 aliphatic heterocycles. The minimum Gasteiger partial charge on any atom is -0.397 e. The van der Waals surface area contributed by atoms with Gasteiger partial charge in [0.05, 0.1) is 23.8 Å². The zero-order valence-electron chi connectivity index (χ0n) is 16.7. The molecule has 8 nitrogen and oxygen atoms in total. The number of aromatic nitrogens is 5. The van der Waals surface area contributed by atoms with E-state index in [1.807, 2.05) is 6.07 Å². The second-order valence-electron chi connectivity index (χ2n) is 7.42. The zero-order valence-corrected chi connectivity index (χ0v) is 16.7. The first-order chi connectivity index (χ1) is 14.1. The van der Waals surface area contributed by atoms with Crippen LogP contribution in [0.4, 0.5) is 36.3 Å². The average molecular weight is 418 g/mol. The summed E-state index contributed by atoms with van der Waals surface area (Å²) in [4.78, 5) is 16.1. The van der Waals surface area contributed by atoms with Gasteiger partial charge in [-0.25, -0.2) is 4.98 Å². The second-order valence-corrected chi connectivity index (χ2v) is 7.42. The lowest BCUT2D eigenvalue weighted by Crippen LogP contribution is -2.28. The molecule has 11 heteroatoms. The van der Waals surface area contributed by atoms with E-state index in [4.69, 9.17) is 5.73 Å². The van der Waals surface area contributed by atoms with Crippen LogP contribution in [-0.2, 0) is 12.6 Å². The van der Waals surface area contributed by atoms with Gasteiger partial charge in [0.1, 0.15) is 17.1 Å². The van der Waals surface area contributed by atoms with Crippen LogP contribution in [0.25, 0.3) is 11.5 Å². The number of nitrogens with zero attached hydrogens (tertiary/aromatic N) is 6. The predicted molar refractivity (Wildman–Crippen MR) is 108 cm³/mol. The number of halogens is 3. The molecule has 0 bridgehead atoms. The maximum atomic E-state index is 13.4. The molecule has 4 rings (SSSR count). The van der Waals surface area contributed by atoms with Crippen molar-refractivity contribution in [1.29, 1.82) is 0 Å². The van der Waals surface area contributed by atoms with Crippen molar-refractivity contribution < 1.29 is 13.2 Å². The highest BCUT2D eigenvalue weighted by atomic mass is 19.4. The summed E-state index contributed by atoms with van der Waals surface area (Å²) < 4.78 is 40.2. The van der Waals surface area contributed by atoms with Gasteiger partial charge < -0.3 is 10.6 Å². The molecule has 4 heterocycles. The number of H-pyrrole nitrogens is 1. The third kappa shape index (κ3) is 3.51. The van der Waals surface area contributed by atoms with Gasteiger partial charge in [-0.3, -0.25) is 15.0 Å². The predicted octanol–water partition coefficient (Wildman–Crippen LogP) is 3.40. The smallest absolute Gasteiger partial charge is 0.397 e. The summed E-state index contributed by atoms with van der Waals surface area (Å²) in [5, 5.41) is 6.81. The van der Waals surface area contributed by atoms with Crippen molar-refractivity contribution in [1.82, 2.24) is 25.1 Å². The van der Waals surface area contributed by atoms with E-state index >= 15 is 0 Å². The third-order valence-corrected chi connectivity index (χ3v) is 5.05. The van der Waals surface area contributed by atoms with Crippen molar-refractivity contribution >= 4 is 23.1 Å². The molecule has 0 saturated carbocycles. The number of fused-ring (bicyclic) bond motifs is 1. The monoisotopic (exact) mass is 418 g/mol. The van der Waals surface area contributed by atoms with Gasteiger partial charge in [0, 0.05) is 19.6 Å². The van der Waals surface area contributed by atoms with Crippen LogP contribution >= 0.6 is 0 Å². The van der Waals surface area contributed by atoms with E-state index in [-0.39, 0.29) is 17.5 Å². The number of hydrogen-bond acceptors (Lipinski definition) is 7. The topological polar surface area (TPSA) is 99.9 Å². The Morgan fingerprint density at radius 1 is 1.20 bits per heavy atom. The number of nitrogen functional groups attached to an aromatic ring is 1. The molecule has 30 heavy (non-hydrogen) atoms. The van der Waals surface area contributed by atoms with E-state index in [9.17, 15) is 13.2 Å². The lowest BCUT2D eigenvalue weighted by molar-refractivity contribution is -0.137. The van der Waals surface area contributed by atoms with Crippen molar-refractivity contribution in [2.24, 2.45) is 0 Å². The first-order valence-corrected chi connectivity index (χ1v) is 9.40. The summed E-state index contributed by atoms with van der Waals surface area (Å²) in [6, 6.07) is 3.15. The Bertz CT molecular complexity index is 1080. The van der Waals surface area contributed by atoms with Crippen LogP contribution in [-0.4, -0.2) is 44.8 Å². The minimum absolute atomic E-state index is 0.0406. The molecule has 1 aliphatic rings. The highest BCUT2D eigenvalue weighted by molar-refractivity contribution is 5.65. The van der Waals surface area contributed by atoms with Gasteiger partial charge in [-0.2, -0.15) is 18.2 Å². The average Bonchev–Trinajstić information content (AvgIpc) is 3.33. The molecule has 0 atom stereocenters. The summed E-state index contributed by atoms with van der Waals surface area (Å²) in [6.07, 6.45) is -0.757. The minimum atomic E-state index is -4.62. The van der Waals surface area contributed by atoms with E-state index in [0.29, 0.717) is 17.6 Å². The molecule has 3 aromatic heterocycles. The summed E-state index contributed by atoms with van der Waals surface area (Å²) in [7, 11) is 1.41. The van der Waals surface area contributed by atoms with Gasteiger partial charge in [0.2, 0.25) is 5.95 Å². The Hall–Kier alpha value is -3.37. The van der Waals surface area contributed by atoms with Gasteiger partial charge in [-0.1, -0.05) is 0 Å². The van der Waals surface area contributed by atoms with E-state index in [1.54, 1.807) is 6.20 Å². The Labute approximate surface area is 171 Å². The Balaban J connectivity index is 1.65. The first kappa shape index (κ1) is 19.9. The van der Waals surface area contributed by atoms with Crippen LogP contribution in [0.15, 0.2) is 24.5 Å². The van der Waals surface area contributed by atoms with E-state index in [2.05, 4.69) is 43.9 Å². The lowest BCUT2D eigenvalue weighted by atomic mass is 10.2. The van der Waals surface area contributed by atoms with E-state index in [0.717, 1.165) is 41.4 Å². The van der Waals surface area contributed by atoms with Crippen LogP contribution in [0.5, 0.6) is 0 Å². The van der Waals surface area contributed by atoms with Crippen LogP contribution in [0.1, 0.15) is 25.0 Å². The number of rotatable bonds is 4. The van der Waals surface area contributed by atoms with Gasteiger partial charge >= 0.3 is 6.18 Å². The number of alkyl halides is 3. The number of nitrogens with two attached hydrogens (primary N) is 1. The first-order valence-electron chi connectivity index (χ1n) is 9.40. The number of hydrogen-bond donors (Lipinski definition) is 2. The quantitative estimate of drug-likeness (QED) is 0.670. The number of pyridine rings is 2. The molecule has 0 unspecified atom stereocenters. The van der Waals surface area contributed by atoms with Crippen LogP contribution < -0.4 is 15.5 Å². The summed E-state index contributed by atoms with van der Waals surface area (Å²) in [5.74, 6) is 0.0715. The maximum Gasteiger partial charge on any atom is 0.420 e. The lowest BCUT2D eigenvalue weighted by Gasteiger charge is -2.23.